The molecule has 0 aliphatic carbocycles. The van der Waals surface area contributed by atoms with Gasteiger partial charge < -0.3 is 14.6 Å². The van der Waals surface area contributed by atoms with Gasteiger partial charge in [0.1, 0.15) is 5.75 Å². The van der Waals surface area contributed by atoms with Gasteiger partial charge in [0, 0.05) is 5.56 Å². The Morgan fingerprint density at radius 1 is 1.29 bits per heavy atom. The molecule has 4 atom stereocenters. The first kappa shape index (κ1) is 8.53. The Labute approximate surface area is 86.2 Å². The summed E-state index contributed by atoms with van der Waals surface area (Å²) in [4.78, 5) is 0. The maximum atomic E-state index is 9.39. The predicted molar refractivity (Wildman–Crippen MR) is 50.3 cm³/mol. The minimum absolute atomic E-state index is 0.0529. The lowest BCUT2D eigenvalue weighted by molar-refractivity contribution is -0.146. The van der Waals surface area contributed by atoms with Gasteiger partial charge in [0.15, 0.2) is 6.29 Å². The van der Waals surface area contributed by atoms with E-state index >= 15 is 0 Å². The molecule has 3 rings (SSSR count). The van der Waals surface area contributed by atoms with Crippen molar-refractivity contribution in [2.45, 2.75) is 23.9 Å². The fraction of sp³-hybridized carbons (Fsp3) is 0.400. The molecule has 1 saturated heterocycles. The molecular formula is C10H9ClO3. The van der Waals surface area contributed by atoms with Crippen molar-refractivity contribution < 1.29 is 14.6 Å². The molecule has 4 heteroatoms. The first-order chi connectivity index (χ1) is 6.77. The average molecular weight is 213 g/mol. The van der Waals surface area contributed by atoms with Crippen molar-refractivity contribution in [1.82, 2.24) is 0 Å². The van der Waals surface area contributed by atoms with Crippen LogP contribution in [0.1, 0.15) is 11.5 Å². The standard InChI is InChI=1S/C10H9ClO3/c11-8-7-5-3-1-2-4-6(5)13-10(7)14-9(8)12/h1-4,7-10,12H/t7?,8-,9?,10?/m1/s1. The molecule has 1 aromatic rings. The van der Waals surface area contributed by atoms with Crippen LogP contribution in [-0.4, -0.2) is 23.1 Å². The number of fused-ring (bicyclic) bond motifs is 3. The highest BCUT2D eigenvalue weighted by atomic mass is 35.5. The van der Waals surface area contributed by atoms with Gasteiger partial charge in [-0.3, -0.25) is 0 Å². The van der Waals surface area contributed by atoms with Crippen LogP contribution in [0.5, 0.6) is 5.75 Å². The van der Waals surface area contributed by atoms with Crippen LogP contribution in [0.15, 0.2) is 24.3 Å². The lowest BCUT2D eigenvalue weighted by atomic mass is 9.98. The summed E-state index contributed by atoms with van der Waals surface area (Å²) in [5.41, 5.74) is 1.02. The van der Waals surface area contributed by atoms with Gasteiger partial charge in [-0.1, -0.05) is 18.2 Å². The van der Waals surface area contributed by atoms with Gasteiger partial charge in [-0.25, -0.2) is 0 Å². The second kappa shape index (κ2) is 2.86. The number of aliphatic hydroxyl groups is 1. The summed E-state index contributed by atoms with van der Waals surface area (Å²) in [6.45, 7) is 0. The molecule has 0 spiro atoms. The summed E-state index contributed by atoms with van der Waals surface area (Å²) in [7, 11) is 0. The molecule has 0 saturated carbocycles. The van der Waals surface area contributed by atoms with E-state index < -0.39 is 18.0 Å². The van der Waals surface area contributed by atoms with Crippen molar-refractivity contribution in [2.75, 3.05) is 0 Å². The summed E-state index contributed by atoms with van der Waals surface area (Å²) >= 11 is 6.04. The first-order valence-electron chi connectivity index (χ1n) is 4.50. The van der Waals surface area contributed by atoms with E-state index in [0.717, 1.165) is 11.3 Å². The fourth-order valence-corrected chi connectivity index (χ4v) is 2.35. The third-order valence-corrected chi connectivity index (χ3v) is 3.19. The van der Waals surface area contributed by atoms with Crippen molar-refractivity contribution in [3.63, 3.8) is 0 Å². The topological polar surface area (TPSA) is 38.7 Å². The quantitative estimate of drug-likeness (QED) is 0.662. The highest BCUT2D eigenvalue weighted by molar-refractivity contribution is 6.21. The summed E-state index contributed by atoms with van der Waals surface area (Å²) in [5.74, 6) is 0.753. The van der Waals surface area contributed by atoms with E-state index in [1.54, 1.807) is 0 Å². The molecule has 1 aromatic carbocycles. The minimum atomic E-state index is -0.931. The third-order valence-electron chi connectivity index (χ3n) is 2.70. The predicted octanol–water partition coefficient (Wildman–Crippen LogP) is 1.44. The Balaban J connectivity index is 2.05. The maximum absolute atomic E-state index is 9.39. The van der Waals surface area contributed by atoms with Crippen molar-refractivity contribution in [3.05, 3.63) is 29.8 Å². The Morgan fingerprint density at radius 2 is 2.07 bits per heavy atom. The zero-order chi connectivity index (χ0) is 9.71. The normalized spacial score (nSPS) is 39.0. The second-order valence-electron chi connectivity index (χ2n) is 3.52. The number of hydrogen-bond donors (Lipinski definition) is 1. The number of hydrogen-bond acceptors (Lipinski definition) is 3. The maximum Gasteiger partial charge on any atom is 0.211 e. The number of aliphatic hydroxyl groups excluding tert-OH is 1. The van der Waals surface area contributed by atoms with Gasteiger partial charge >= 0.3 is 0 Å². The summed E-state index contributed by atoms with van der Waals surface area (Å²) in [5, 5.41) is 8.97. The molecule has 2 aliphatic rings. The van der Waals surface area contributed by atoms with Gasteiger partial charge in [0.05, 0.1) is 11.3 Å². The lowest BCUT2D eigenvalue weighted by Gasteiger charge is -2.09. The summed E-state index contributed by atoms with van der Waals surface area (Å²) < 4.78 is 10.7. The molecule has 0 bridgehead atoms. The number of para-hydroxylation sites is 1. The molecule has 0 amide bonds. The Hall–Kier alpha value is -0.770. The Bertz CT molecular complexity index is 368. The molecule has 1 fully saturated rings. The van der Waals surface area contributed by atoms with Crippen molar-refractivity contribution >= 4 is 11.6 Å². The molecule has 2 heterocycles. The van der Waals surface area contributed by atoms with E-state index in [1.807, 2.05) is 24.3 Å². The monoisotopic (exact) mass is 212 g/mol. The third kappa shape index (κ3) is 1.00. The zero-order valence-corrected chi connectivity index (χ0v) is 8.02. The van der Waals surface area contributed by atoms with Crippen LogP contribution in [0.3, 0.4) is 0 Å². The summed E-state index contributed by atoms with van der Waals surface area (Å²) in [6, 6.07) is 7.67. The van der Waals surface area contributed by atoms with Crippen molar-refractivity contribution in [2.24, 2.45) is 0 Å². The van der Waals surface area contributed by atoms with Crippen LogP contribution in [-0.2, 0) is 4.74 Å². The highest BCUT2D eigenvalue weighted by Gasteiger charge is 2.49. The largest absolute Gasteiger partial charge is 0.464 e. The van der Waals surface area contributed by atoms with Crippen molar-refractivity contribution in [3.8, 4) is 5.75 Å². The molecule has 1 N–H and O–H groups in total. The van der Waals surface area contributed by atoms with Gasteiger partial charge in [-0.15, -0.1) is 11.6 Å². The lowest BCUT2D eigenvalue weighted by Crippen LogP contribution is -2.18. The minimum Gasteiger partial charge on any atom is -0.464 e. The zero-order valence-electron chi connectivity index (χ0n) is 7.26. The van der Waals surface area contributed by atoms with Crippen LogP contribution < -0.4 is 4.74 Å². The van der Waals surface area contributed by atoms with E-state index in [0.29, 0.717) is 0 Å². The van der Waals surface area contributed by atoms with Gasteiger partial charge in [-0.2, -0.15) is 0 Å². The molecule has 74 valence electrons. The number of halogens is 1. The average Bonchev–Trinajstić information content (AvgIpc) is 2.65. The van der Waals surface area contributed by atoms with Crippen LogP contribution in [0.4, 0.5) is 0 Å². The molecule has 0 radical (unpaired) electrons. The molecule has 3 nitrogen and oxygen atoms in total. The second-order valence-corrected chi connectivity index (χ2v) is 4.02. The number of benzene rings is 1. The number of alkyl halides is 1. The number of rotatable bonds is 0. The van der Waals surface area contributed by atoms with Crippen LogP contribution in [0.2, 0.25) is 0 Å². The van der Waals surface area contributed by atoms with E-state index in [1.165, 1.54) is 0 Å². The van der Waals surface area contributed by atoms with E-state index in [4.69, 9.17) is 21.1 Å². The van der Waals surface area contributed by atoms with Gasteiger partial charge in [-0.05, 0) is 6.07 Å². The van der Waals surface area contributed by atoms with Crippen LogP contribution in [0, 0.1) is 0 Å². The van der Waals surface area contributed by atoms with Crippen molar-refractivity contribution in [1.29, 1.82) is 0 Å². The van der Waals surface area contributed by atoms with E-state index in [9.17, 15) is 5.11 Å². The van der Waals surface area contributed by atoms with Crippen LogP contribution in [0.25, 0.3) is 0 Å². The van der Waals surface area contributed by atoms with Gasteiger partial charge in [0.2, 0.25) is 6.29 Å². The SMILES string of the molecule is OC1OC2Oc3ccccc3C2[C@H]1Cl. The Kier molecular flexibility index (Phi) is 1.74. The molecular weight excluding hydrogens is 204 g/mol. The number of ether oxygens (including phenoxy) is 2. The first-order valence-corrected chi connectivity index (χ1v) is 4.94. The molecule has 2 aliphatic heterocycles. The molecule has 0 aromatic heterocycles. The Morgan fingerprint density at radius 3 is 2.93 bits per heavy atom. The van der Waals surface area contributed by atoms with E-state index in [2.05, 4.69) is 0 Å². The molecule has 3 unspecified atom stereocenters. The van der Waals surface area contributed by atoms with Crippen LogP contribution >= 0.6 is 11.6 Å². The van der Waals surface area contributed by atoms with E-state index in [-0.39, 0.29) is 5.92 Å². The smallest absolute Gasteiger partial charge is 0.211 e. The fourth-order valence-electron chi connectivity index (χ4n) is 2.03. The summed E-state index contributed by atoms with van der Waals surface area (Å²) in [6.07, 6.45) is -1.36. The molecule has 14 heavy (non-hydrogen) atoms. The van der Waals surface area contributed by atoms with Gasteiger partial charge in [0.25, 0.3) is 0 Å². The highest BCUT2D eigenvalue weighted by Crippen LogP contribution is 2.47.